The van der Waals surface area contributed by atoms with Crippen molar-refractivity contribution in [1.29, 1.82) is 0 Å². The van der Waals surface area contributed by atoms with E-state index in [0.29, 0.717) is 25.8 Å². The van der Waals surface area contributed by atoms with E-state index in [1.54, 1.807) is 0 Å². The molecule has 1 aliphatic rings. The Morgan fingerprint density at radius 2 is 2.16 bits per heavy atom. The number of nitrogens with one attached hydrogen (secondary N) is 1. The Labute approximate surface area is 114 Å². The smallest absolute Gasteiger partial charge is 0.256 e. The van der Waals surface area contributed by atoms with Gasteiger partial charge in [0.2, 0.25) is 0 Å². The molecule has 4 heteroatoms. The second-order valence-electron chi connectivity index (χ2n) is 5.27. The molecular weight excluding hydrogens is 240 g/mol. The van der Waals surface area contributed by atoms with Crippen molar-refractivity contribution in [2.45, 2.75) is 32.9 Å². The fraction of sp³-hybridized carbons (Fsp3) is 0.533. The van der Waals surface area contributed by atoms with Gasteiger partial charge >= 0.3 is 0 Å². The largest absolute Gasteiger partial charge is 0.382 e. The van der Waals surface area contributed by atoms with E-state index in [9.17, 15) is 4.79 Å². The van der Waals surface area contributed by atoms with Crippen molar-refractivity contribution in [3.63, 3.8) is 0 Å². The third kappa shape index (κ3) is 3.26. The third-order valence-corrected chi connectivity index (χ3v) is 3.23. The molecule has 0 radical (unpaired) electrons. The summed E-state index contributed by atoms with van der Waals surface area (Å²) in [5, 5.41) is 3.33. The fourth-order valence-corrected chi connectivity index (χ4v) is 2.29. The van der Waals surface area contributed by atoms with Gasteiger partial charge in [-0.15, -0.1) is 0 Å². The van der Waals surface area contributed by atoms with Crippen LogP contribution in [0.3, 0.4) is 0 Å². The second kappa shape index (κ2) is 6.06. The van der Waals surface area contributed by atoms with Gasteiger partial charge in [0.15, 0.2) is 0 Å². The first-order valence-electron chi connectivity index (χ1n) is 6.84. The van der Waals surface area contributed by atoms with E-state index in [1.807, 2.05) is 36.1 Å². The fourth-order valence-electron chi connectivity index (χ4n) is 2.29. The lowest BCUT2D eigenvalue weighted by atomic mass is 10.1. The number of rotatable bonds is 3. The van der Waals surface area contributed by atoms with E-state index in [-0.39, 0.29) is 11.9 Å². The van der Waals surface area contributed by atoms with Crippen molar-refractivity contribution in [2.24, 2.45) is 0 Å². The van der Waals surface area contributed by atoms with E-state index in [0.717, 1.165) is 11.3 Å². The topological polar surface area (TPSA) is 41.6 Å². The lowest BCUT2D eigenvalue weighted by molar-refractivity contribution is 0.00364. The van der Waals surface area contributed by atoms with Crippen LogP contribution in [0.2, 0.25) is 0 Å². The quantitative estimate of drug-likeness (QED) is 0.909. The van der Waals surface area contributed by atoms with Gasteiger partial charge in [0, 0.05) is 18.3 Å². The monoisotopic (exact) mass is 262 g/mol. The van der Waals surface area contributed by atoms with Gasteiger partial charge in [-0.05, 0) is 32.9 Å². The average Bonchev–Trinajstić information content (AvgIpc) is 2.38. The molecular formula is C15H22N2O2. The third-order valence-electron chi connectivity index (χ3n) is 3.23. The number of carbonyl (C=O) groups is 1. The molecule has 1 atom stereocenters. The van der Waals surface area contributed by atoms with Crippen molar-refractivity contribution in [3.8, 4) is 0 Å². The van der Waals surface area contributed by atoms with Gasteiger partial charge in [-0.1, -0.05) is 12.1 Å². The van der Waals surface area contributed by atoms with Gasteiger partial charge < -0.3 is 15.0 Å². The van der Waals surface area contributed by atoms with E-state index in [4.69, 9.17) is 4.74 Å². The number of benzene rings is 1. The maximum absolute atomic E-state index is 12.6. The molecule has 4 nitrogen and oxygen atoms in total. The summed E-state index contributed by atoms with van der Waals surface area (Å²) in [5.74, 6) is 0.0829. The highest BCUT2D eigenvalue weighted by molar-refractivity contribution is 5.99. The number of hydrogen-bond acceptors (Lipinski definition) is 3. The Kier molecular flexibility index (Phi) is 4.43. The van der Waals surface area contributed by atoms with Gasteiger partial charge in [-0.3, -0.25) is 4.79 Å². The van der Waals surface area contributed by atoms with Crippen LogP contribution >= 0.6 is 0 Å². The summed E-state index contributed by atoms with van der Waals surface area (Å²) in [4.78, 5) is 14.5. The van der Waals surface area contributed by atoms with Crippen molar-refractivity contribution in [2.75, 3.05) is 25.1 Å². The summed E-state index contributed by atoms with van der Waals surface area (Å²) in [6.07, 6.45) is 0. The average molecular weight is 262 g/mol. The molecule has 1 amide bonds. The number of nitrogens with zero attached hydrogens (tertiary/aromatic N) is 1. The van der Waals surface area contributed by atoms with Crippen LogP contribution in [0.1, 0.15) is 31.1 Å². The van der Waals surface area contributed by atoms with Crippen LogP contribution < -0.4 is 5.32 Å². The van der Waals surface area contributed by atoms with E-state index >= 15 is 0 Å². The Bertz CT molecular complexity index is 446. The minimum atomic E-state index is 0.0829. The Morgan fingerprint density at radius 3 is 2.84 bits per heavy atom. The summed E-state index contributed by atoms with van der Waals surface area (Å²) >= 11 is 0. The molecule has 0 bridgehead atoms. The molecule has 1 heterocycles. The Balaban J connectivity index is 2.22. The molecule has 1 N–H and O–H groups in total. The summed E-state index contributed by atoms with van der Waals surface area (Å²) in [6.45, 7) is 8.06. The highest BCUT2D eigenvalue weighted by Gasteiger charge is 2.26. The van der Waals surface area contributed by atoms with E-state index < -0.39 is 0 Å². The molecule has 1 fully saturated rings. The van der Waals surface area contributed by atoms with Crippen LogP contribution in [0.5, 0.6) is 0 Å². The number of anilines is 1. The van der Waals surface area contributed by atoms with Crippen molar-refractivity contribution in [3.05, 3.63) is 29.8 Å². The standard InChI is InChI=1S/C15H22N2O2/c1-11(2)16-14-7-5-4-6-13(14)15(18)17-8-9-19-10-12(17)3/h4-7,11-12,16H,8-10H2,1-3H3/t12-/m1/s1. The molecule has 19 heavy (non-hydrogen) atoms. The minimum Gasteiger partial charge on any atom is -0.382 e. The zero-order chi connectivity index (χ0) is 13.8. The molecule has 2 rings (SSSR count). The number of amides is 1. The Hall–Kier alpha value is -1.55. The zero-order valence-electron chi connectivity index (χ0n) is 11.8. The van der Waals surface area contributed by atoms with Gasteiger partial charge in [0.05, 0.1) is 24.8 Å². The summed E-state index contributed by atoms with van der Waals surface area (Å²) in [7, 11) is 0. The first-order chi connectivity index (χ1) is 9.09. The number of morpholine rings is 1. The zero-order valence-corrected chi connectivity index (χ0v) is 11.8. The van der Waals surface area contributed by atoms with Crippen LogP contribution in [0.15, 0.2) is 24.3 Å². The highest BCUT2D eigenvalue weighted by Crippen LogP contribution is 2.20. The van der Waals surface area contributed by atoms with Crippen LogP contribution in [0.4, 0.5) is 5.69 Å². The lowest BCUT2D eigenvalue weighted by Gasteiger charge is -2.34. The van der Waals surface area contributed by atoms with Gasteiger partial charge in [-0.2, -0.15) is 0 Å². The van der Waals surface area contributed by atoms with Crippen LogP contribution in [-0.4, -0.2) is 42.6 Å². The van der Waals surface area contributed by atoms with E-state index in [2.05, 4.69) is 19.2 Å². The molecule has 0 unspecified atom stereocenters. The van der Waals surface area contributed by atoms with Crippen LogP contribution in [-0.2, 0) is 4.74 Å². The molecule has 0 aliphatic carbocycles. The number of para-hydroxylation sites is 1. The number of carbonyl (C=O) groups excluding carboxylic acids is 1. The Morgan fingerprint density at radius 1 is 1.42 bits per heavy atom. The molecule has 1 saturated heterocycles. The van der Waals surface area contributed by atoms with Gasteiger partial charge in [0.1, 0.15) is 0 Å². The predicted molar refractivity (Wildman–Crippen MR) is 76.5 cm³/mol. The normalized spacial score (nSPS) is 19.6. The predicted octanol–water partition coefficient (Wildman–Crippen LogP) is 2.37. The molecule has 1 aromatic rings. The molecule has 0 spiro atoms. The van der Waals surface area contributed by atoms with Crippen molar-refractivity contribution in [1.82, 2.24) is 4.90 Å². The maximum atomic E-state index is 12.6. The molecule has 0 aromatic heterocycles. The summed E-state index contributed by atoms with van der Waals surface area (Å²) in [6, 6.07) is 8.13. The number of hydrogen-bond donors (Lipinski definition) is 1. The van der Waals surface area contributed by atoms with E-state index in [1.165, 1.54) is 0 Å². The SMILES string of the molecule is CC(C)Nc1ccccc1C(=O)N1CCOC[C@H]1C. The summed E-state index contributed by atoms with van der Waals surface area (Å²) in [5.41, 5.74) is 1.64. The number of ether oxygens (including phenoxy) is 1. The van der Waals surface area contributed by atoms with Crippen molar-refractivity contribution < 1.29 is 9.53 Å². The second-order valence-corrected chi connectivity index (χ2v) is 5.27. The first kappa shape index (κ1) is 13.9. The van der Waals surface area contributed by atoms with Gasteiger partial charge in [-0.25, -0.2) is 0 Å². The lowest BCUT2D eigenvalue weighted by Crippen LogP contribution is -2.47. The molecule has 1 aliphatic heterocycles. The highest BCUT2D eigenvalue weighted by atomic mass is 16.5. The molecule has 104 valence electrons. The minimum absolute atomic E-state index is 0.0829. The first-order valence-corrected chi connectivity index (χ1v) is 6.84. The molecule has 0 saturated carbocycles. The molecule has 1 aromatic carbocycles. The maximum Gasteiger partial charge on any atom is 0.256 e. The van der Waals surface area contributed by atoms with Crippen LogP contribution in [0.25, 0.3) is 0 Å². The summed E-state index contributed by atoms with van der Waals surface area (Å²) < 4.78 is 5.38. The van der Waals surface area contributed by atoms with Crippen LogP contribution in [0, 0.1) is 0 Å². The van der Waals surface area contributed by atoms with Gasteiger partial charge in [0.25, 0.3) is 5.91 Å². The van der Waals surface area contributed by atoms with Crippen molar-refractivity contribution >= 4 is 11.6 Å².